The summed E-state index contributed by atoms with van der Waals surface area (Å²) < 4.78 is 1.71. The average Bonchev–Trinajstić information content (AvgIpc) is 2.99. The summed E-state index contributed by atoms with van der Waals surface area (Å²) >= 11 is 0. The Morgan fingerprint density at radius 3 is 2.48 bits per heavy atom. The summed E-state index contributed by atoms with van der Waals surface area (Å²) in [6, 6.07) is 9.70. The molecule has 2 aromatic rings. The molecule has 0 fully saturated rings. The molecule has 0 radical (unpaired) electrons. The predicted molar refractivity (Wildman–Crippen MR) is 90.7 cm³/mol. The normalized spacial score (nSPS) is 11.5. The van der Waals surface area contributed by atoms with Crippen molar-refractivity contribution in [2.75, 3.05) is 13.2 Å². The van der Waals surface area contributed by atoms with Crippen LogP contribution in [0, 0.1) is 12.3 Å². The van der Waals surface area contributed by atoms with E-state index in [0.29, 0.717) is 17.8 Å². The highest BCUT2D eigenvalue weighted by molar-refractivity contribution is 5.95. The van der Waals surface area contributed by atoms with Crippen molar-refractivity contribution in [3.63, 3.8) is 0 Å². The maximum Gasteiger partial charge on any atom is 0.254 e. The fourth-order valence-electron chi connectivity index (χ4n) is 2.54. The number of aliphatic hydroxyl groups is 1. The molecule has 0 saturated heterocycles. The summed E-state index contributed by atoms with van der Waals surface area (Å²) in [4.78, 5) is 12.5. The molecule has 0 unspecified atom stereocenters. The van der Waals surface area contributed by atoms with Crippen molar-refractivity contribution >= 4 is 5.91 Å². The van der Waals surface area contributed by atoms with E-state index in [-0.39, 0.29) is 17.9 Å². The summed E-state index contributed by atoms with van der Waals surface area (Å²) in [7, 11) is 0. The van der Waals surface area contributed by atoms with Crippen LogP contribution in [0.25, 0.3) is 5.69 Å². The lowest BCUT2D eigenvalue weighted by atomic mass is 9.83. The van der Waals surface area contributed by atoms with Crippen molar-refractivity contribution in [3.8, 4) is 5.69 Å². The summed E-state index contributed by atoms with van der Waals surface area (Å²) in [5.74, 6) is -0.149. The molecule has 0 aliphatic heterocycles. The summed E-state index contributed by atoms with van der Waals surface area (Å²) in [5, 5.41) is 17.0. The van der Waals surface area contributed by atoms with Gasteiger partial charge in [-0.05, 0) is 31.9 Å². The summed E-state index contributed by atoms with van der Waals surface area (Å²) in [6.07, 6.45) is 3.39. The van der Waals surface area contributed by atoms with Crippen molar-refractivity contribution in [3.05, 3.63) is 47.8 Å². The van der Waals surface area contributed by atoms with E-state index in [1.807, 2.05) is 51.1 Å². The fourth-order valence-corrected chi connectivity index (χ4v) is 2.54. The lowest BCUT2D eigenvalue weighted by Gasteiger charge is -2.29. The van der Waals surface area contributed by atoms with Gasteiger partial charge in [0.1, 0.15) is 0 Å². The van der Waals surface area contributed by atoms with Crippen LogP contribution in [-0.2, 0) is 0 Å². The topological polar surface area (TPSA) is 67.2 Å². The fraction of sp³-hybridized carbons (Fsp3) is 0.444. The molecule has 23 heavy (non-hydrogen) atoms. The average molecular weight is 315 g/mol. The van der Waals surface area contributed by atoms with Gasteiger partial charge in [0.05, 0.1) is 23.6 Å². The number of carbonyl (C=O) groups excluding carboxylic acids is 1. The zero-order chi connectivity index (χ0) is 16.9. The Morgan fingerprint density at radius 2 is 1.91 bits per heavy atom. The molecule has 0 aliphatic rings. The van der Waals surface area contributed by atoms with Crippen LogP contribution in [0.15, 0.2) is 36.5 Å². The second-order valence-electron chi connectivity index (χ2n) is 5.96. The van der Waals surface area contributed by atoms with Gasteiger partial charge >= 0.3 is 0 Å². The third kappa shape index (κ3) is 3.79. The molecule has 0 atom stereocenters. The number of hydrogen-bond donors (Lipinski definition) is 2. The summed E-state index contributed by atoms with van der Waals surface area (Å²) in [6.45, 7) is 6.43. The first-order valence-corrected chi connectivity index (χ1v) is 8.06. The Balaban J connectivity index is 2.13. The number of aliphatic hydroxyl groups excluding tert-OH is 1. The maximum absolute atomic E-state index is 12.5. The quantitative estimate of drug-likeness (QED) is 0.825. The van der Waals surface area contributed by atoms with Crippen LogP contribution in [0.3, 0.4) is 0 Å². The van der Waals surface area contributed by atoms with Gasteiger partial charge in [0, 0.05) is 18.2 Å². The zero-order valence-electron chi connectivity index (χ0n) is 14.0. The van der Waals surface area contributed by atoms with Crippen molar-refractivity contribution in [1.29, 1.82) is 0 Å². The van der Waals surface area contributed by atoms with E-state index in [1.165, 1.54) is 0 Å². The van der Waals surface area contributed by atoms with Gasteiger partial charge < -0.3 is 10.4 Å². The Labute approximate surface area is 137 Å². The minimum absolute atomic E-state index is 0.0720. The van der Waals surface area contributed by atoms with E-state index in [9.17, 15) is 9.90 Å². The number of benzene rings is 1. The van der Waals surface area contributed by atoms with Crippen molar-refractivity contribution in [2.45, 2.75) is 33.6 Å². The van der Waals surface area contributed by atoms with E-state index >= 15 is 0 Å². The molecular formula is C18H25N3O2. The van der Waals surface area contributed by atoms with Crippen LogP contribution >= 0.6 is 0 Å². The lowest BCUT2D eigenvalue weighted by Crippen LogP contribution is -2.39. The molecule has 1 aromatic heterocycles. The van der Waals surface area contributed by atoms with E-state index in [4.69, 9.17) is 0 Å². The summed E-state index contributed by atoms with van der Waals surface area (Å²) in [5.41, 5.74) is 1.92. The predicted octanol–water partition coefficient (Wildman–Crippen LogP) is 2.71. The van der Waals surface area contributed by atoms with Crippen LogP contribution in [0.4, 0.5) is 0 Å². The third-order valence-electron chi connectivity index (χ3n) is 4.62. The minimum Gasteiger partial charge on any atom is -0.396 e. The van der Waals surface area contributed by atoms with Gasteiger partial charge in [-0.2, -0.15) is 5.10 Å². The van der Waals surface area contributed by atoms with Gasteiger partial charge in [0.25, 0.3) is 5.91 Å². The molecule has 5 nitrogen and oxygen atoms in total. The molecular weight excluding hydrogens is 290 g/mol. The van der Waals surface area contributed by atoms with Crippen LogP contribution in [0.5, 0.6) is 0 Å². The molecule has 2 N–H and O–H groups in total. The van der Waals surface area contributed by atoms with Gasteiger partial charge in [-0.3, -0.25) is 4.79 Å². The SMILES string of the molecule is CCC(CC)(CO)CNC(=O)c1cn(-c2ccccc2)nc1C. The molecule has 1 heterocycles. The number of aromatic nitrogens is 2. The van der Waals surface area contributed by atoms with Crippen LogP contribution in [-0.4, -0.2) is 33.9 Å². The smallest absolute Gasteiger partial charge is 0.254 e. The molecule has 124 valence electrons. The highest BCUT2D eigenvalue weighted by Crippen LogP contribution is 2.24. The number of hydrogen-bond acceptors (Lipinski definition) is 3. The molecule has 1 aromatic carbocycles. The second kappa shape index (κ2) is 7.42. The van der Waals surface area contributed by atoms with Crippen molar-refractivity contribution < 1.29 is 9.90 Å². The first-order valence-electron chi connectivity index (χ1n) is 8.06. The molecule has 0 spiro atoms. The van der Waals surface area contributed by atoms with E-state index in [1.54, 1.807) is 10.9 Å². The number of nitrogens with one attached hydrogen (secondary N) is 1. The van der Waals surface area contributed by atoms with Gasteiger partial charge in [0.15, 0.2) is 0 Å². The van der Waals surface area contributed by atoms with Crippen LogP contribution in [0.2, 0.25) is 0 Å². The number of aryl methyl sites for hydroxylation is 1. The van der Waals surface area contributed by atoms with Crippen LogP contribution < -0.4 is 5.32 Å². The Morgan fingerprint density at radius 1 is 1.26 bits per heavy atom. The van der Waals surface area contributed by atoms with E-state index in [0.717, 1.165) is 18.5 Å². The number of para-hydroxylation sites is 1. The molecule has 5 heteroatoms. The van der Waals surface area contributed by atoms with Gasteiger partial charge in [-0.25, -0.2) is 4.68 Å². The number of nitrogens with zero attached hydrogens (tertiary/aromatic N) is 2. The zero-order valence-corrected chi connectivity index (χ0v) is 14.0. The van der Waals surface area contributed by atoms with E-state index < -0.39 is 0 Å². The Kier molecular flexibility index (Phi) is 5.55. The molecule has 1 amide bonds. The van der Waals surface area contributed by atoms with Gasteiger partial charge in [-0.1, -0.05) is 32.0 Å². The Bertz CT molecular complexity index is 637. The number of rotatable bonds is 7. The largest absolute Gasteiger partial charge is 0.396 e. The molecule has 2 rings (SSSR count). The number of amides is 1. The lowest BCUT2D eigenvalue weighted by molar-refractivity contribution is 0.0850. The van der Waals surface area contributed by atoms with Crippen molar-refractivity contribution in [1.82, 2.24) is 15.1 Å². The first kappa shape index (κ1) is 17.2. The molecule has 0 aliphatic carbocycles. The number of carbonyl (C=O) groups is 1. The second-order valence-corrected chi connectivity index (χ2v) is 5.96. The Hall–Kier alpha value is -2.14. The monoisotopic (exact) mass is 315 g/mol. The van der Waals surface area contributed by atoms with Gasteiger partial charge in [-0.15, -0.1) is 0 Å². The van der Waals surface area contributed by atoms with Crippen LogP contribution in [0.1, 0.15) is 42.7 Å². The highest BCUT2D eigenvalue weighted by atomic mass is 16.3. The minimum atomic E-state index is -0.251. The van der Waals surface area contributed by atoms with Gasteiger partial charge in [0.2, 0.25) is 0 Å². The van der Waals surface area contributed by atoms with E-state index in [2.05, 4.69) is 10.4 Å². The highest BCUT2D eigenvalue weighted by Gasteiger charge is 2.26. The van der Waals surface area contributed by atoms with Crippen molar-refractivity contribution in [2.24, 2.45) is 5.41 Å². The third-order valence-corrected chi connectivity index (χ3v) is 4.62. The standard InChI is InChI=1S/C18H25N3O2/c1-4-18(5-2,13-22)12-19-17(23)16-11-21(20-14(16)3)15-9-7-6-8-10-15/h6-11,22H,4-5,12-13H2,1-3H3,(H,19,23). The molecule has 0 saturated carbocycles. The maximum atomic E-state index is 12.5. The first-order chi connectivity index (χ1) is 11.0. The molecule has 0 bridgehead atoms.